The second-order valence-electron chi connectivity index (χ2n) is 5.22. The molecule has 0 bridgehead atoms. The highest BCUT2D eigenvalue weighted by Crippen LogP contribution is 2.28. The van der Waals surface area contributed by atoms with Crippen LogP contribution in [0.2, 0.25) is 0 Å². The Morgan fingerprint density at radius 2 is 2.00 bits per heavy atom. The summed E-state index contributed by atoms with van der Waals surface area (Å²) >= 11 is 0. The minimum Gasteiger partial charge on any atom is -0.497 e. The van der Waals surface area contributed by atoms with Crippen molar-refractivity contribution in [3.05, 3.63) is 30.0 Å². The van der Waals surface area contributed by atoms with E-state index in [0.717, 1.165) is 12.2 Å². The molecule has 0 aliphatic carbocycles. The Balaban J connectivity index is 2.60. The van der Waals surface area contributed by atoms with E-state index in [1.165, 1.54) is 16.5 Å². The highest BCUT2D eigenvalue weighted by atomic mass is 16.5. The largest absolute Gasteiger partial charge is 0.497 e. The first-order valence-electron chi connectivity index (χ1n) is 6.46. The molecule has 1 unspecified atom stereocenters. The Bertz CT molecular complexity index is 541. The summed E-state index contributed by atoms with van der Waals surface area (Å²) in [5, 5.41) is 1.28. The number of rotatable bonds is 4. The highest BCUT2D eigenvalue weighted by molar-refractivity contribution is 5.85. The highest BCUT2D eigenvalue weighted by Gasteiger charge is 2.12. The number of nitrogens with two attached hydrogens (primary N) is 1. The summed E-state index contributed by atoms with van der Waals surface area (Å²) in [5.74, 6) is 0.898. The summed E-state index contributed by atoms with van der Waals surface area (Å²) in [7, 11) is 1.70. The summed E-state index contributed by atoms with van der Waals surface area (Å²) in [6, 6.07) is 6.85. The van der Waals surface area contributed by atoms with Crippen molar-refractivity contribution in [2.24, 2.45) is 5.73 Å². The number of nitrogens with zero attached hydrogens (tertiary/aromatic N) is 1. The topological polar surface area (TPSA) is 40.2 Å². The van der Waals surface area contributed by atoms with Gasteiger partial charge in [0.05, 0.1) is 12.6 Å². The molecular weight excluding hydrogens is 224 g/mol. The molecule has 0 saturated carbocycles. The van der Waals surface area contributed by atoms with Crippen LogP contribution < -0.4 is 10.5 Å². The second kappa shape index (κ2) is 5.02. The van der Waals surface area contributed by atoms with Crippen LogP contribution in [0.1, 0.15) is 32.4 Å². The molecule has 0 spiro atoms. The number of methoxy groups -OCH3 is 1. The van der Waals surface area contributed by atoms with E-state index in [1.54, 1.807) is 7.11 Å². The van der Waals surface area contributed by atoms with Crippen LogP contribution in [0.25, 0.3) is 10.9 Å². The Morgan fingerprint density at radius 3 is 2.56 bits per heavy atom. The number of benzene rings is 1. The number of aromatic nitrogens is 1. The minimum atomic E-state index is 0.179. The van der Waals surface area contributed by atoms with Crippen LogP contribution in [-0.2, 0) is 6.42 Å². The van der Waals surface area contributed by atoms with Crippen molar-refractivity contribution in [2.75, 3.05) is 7.11 Å². The third-order valence-electron chi connectivity index (χ3n) is 3.22. The summed E-state index contributed by atoms with van der Waals surface area (Å²) in [6.45, 7) is 6.42. The molecule has 0 amide bonds. The van der Waals surface area contributed by atoms with Crippen LogP contribution in [0.5, 0.6) is 5.75 Å². The van der Waals surface area contributed by atoms with Crippen LogP contribution in [0, 0.1) is 0 Å². The van der Waals surface area contributed by atoms with Crippen LogP contribution in [0.4, 0.5) is 0 Å². The first-order chi connectivity index (χ1) is 8.52. The molecule has 3 nitrogen and oxygen atoms in total. The zero-order chi connectivity index (χ0) is 13.3. The monoisotopic (exact) mass is 246 g/mol. The van der Waals surface area contributed by atoms with Gasteiger partial charge in [0.1, 0.15) is 5.75 Å². The van der Waals surface area contributed by atoms with Crippen molar-refractivity contribution in [3.63, 3.8) is 0 Å². The summed E-state index contributed by atoms with van der Waals surface area (Å²) in [5.41, 5.74) is 8.46. The molecule has 0 saturated heterocycles. The maximum Gasteiger partial charge on any atom is 0.120 e. The molecule has 0 radical (unpaired) electrons. The SMILES string of the molecule is COc1ccc2c(CC(C)N)cn(C(C)C)c2c1. The average Bonchev–Trinajstić information content (AvgIpc) is 2.66. The first-order valence-corrected chi connectivity index (χ1v) is 6.46. The van der Waals surface area contributed by atoms with Gasteiger partial charge in [-0.25, -0.2) is 0 Å². The molecule has 1 aromatic carbocycles. The molecule has 0 fully saturated rings. The van der Waals surface area contributed by atoms with Gasteiger partial charge < -0.3 is 15.0 Å². The molecule has 0 aliphatic rings. The van der Waals surface area contributed by atoms with Gasteiger partial charge in [0.25, 0.3) is 0 Å². The van der Waals surface area contributed by atoms with Crippen molar-refractivity contribution >= 4 is 10.9 Å². The molecule has 1 atom stereocenters. The lowest BCUT2D eigenvalue weighted by Gasteiger charge is -2.09. The molecule has 2 aromatic rings. The Kier molecular flexibility index (Phi) is 3.62. The van der Waals surface area contributed by atoms with Crippen molar-refractivity contribution in [3.8, 4) is 5.75 Å². The maximum atomic E-state index is 5.92. The summed E-state index contributed by atoms with van der Waals surface area (Å²) in [4.78, 5) is 0. The van der Waals surface area contributed by atoms with Crippen molar-refractivity contribution < 1.29 is 4.74 Å². The van der Waals surface area contributed by atoms with Crippen LogP contribution >= 0.6 is 0 Å². The van der Waals surface area contributed by atoms with E-state index in [4.69, 9.17) is 10.5 Å². The Labute approximate surface area is 109 Å². The first kappa shape index (κ1) is 13.0. The fourth-order valence-electron chi connectivity index (χ4n) is 2.37. The van der Waals surface area contributed by atoms with Gasteiger partial charge in [-0.3, -0.25) is 0 Å². The average molecular weight is 246 g/mol. The predicted molar refractivity (Wildman–Crippen MR) is 76.2 cm³/mol. The van der Waals surface area contributed by atoms with E-state index >= 15 is 0 Å². The van der Waals surface area contributed by atoms with Gasteiger partial charge in [0, 0.05) is 29.7 Å². The fraction of sp³-hybridized carbons (Fsp3) is 0.467. The summed E-state index contributed by atoms with van der Waals surface area (Å²) in [6.07, 6.45) is 3.13. The normalized spacial score (nSPS) is 13.2. The second-order valence-corrected chi connectivity index (χ2v) is 5.22. The lowest BCUT2D eigenvalue weighted by molar-refractivity contribution is 0.415. The van der Waals surface area contributed by atoms with Gasteiger partial charge >= 0.3 is 0 Å². The molecule has 18 heavy (non-hydrogen) atoms. The van der Waals surface area contributed by atoms with E-state index in [2.05, 4.69) is 36.7 Å². The van der Waals surface area contributed by atoms with Crippen LogP contribution in [0.3, 0.4) is 0 Å². The Morgan fingerprint density at radius 1 is 1.28 bits per heavy atom. The van der Waals surface area contributed by atoms with Gasteiger partial charge in [-0.2, -0.15) is 0 Å². The fourth-order valence-corrected chi connectivity index (χ4v) is 2.37. The minimum absolute atomic E-state index is 0.179. The lowest BCUT2D eigenvalue weighted by atomic mass is 10.1. The van der Waals surface area contributed by atoms with Crippen molar-refractivity contribution in [1.82, 2.24) is 4.57 Å². The Hall–Kier alpha value is -1.48. The zero-order valence-corrected chi connectivity index (χ0v) is 11.6. The number of ether oxygens (including phenoxy) is 1. The quantitative estimate of drug-likeness (QED) is 0.900. The van der Waals surface area contributed by atoms with E-state index in [9.17, 15) is 0 Å². The van der Waals surface area contributed by atoms with E-state index in [1.807, 2.05) is 13.0 Å². The smallest absolute Gasteiger partial charge is 0.120 e. The molecule has 1 aromatic heterocycles. The predicted octanol–water partition coefficient (Wildman–Crippen LogP) is 3.12. The molecule has 3 heteroatoms. The van der Waals surface area contributed by atoms with Gasteiger partial charge in [-0.15, -0.1) is 0 Å². The molecule has 2 N–H and O–H groups in total. The number of hydrogen-bond acceptors (Lipinski definition) is 2. The molecule has 0 aliphatic heterocycles. The molecule has 98 valence electrons. The van der Waals surface area contributed by atoms with Crippen LogP contribution in [-0.4, -0.2) is 17.7 Å². The van der Waals surface area contributed by atoms with Gasteiger partial charge in [-0.05, 0) is 44.9 Å². The van der Waals surface area contributed by atoms with Crippen molar-refractivity contribution in [1.29, 1.82) is 0 Å². The summed E-state index contributed by atoms with van der Waals surface area (Å²) < 4.78 is 7.60. The zero-order valence-electron chi connectivity index (χ0n) is 11.6. The lowest BCUT2D eigenvalue weighted by Crippen LogP contribution is -2.17. The number of hydrogen-bond donors (Lipinski definition) is 1. The van der Waals surface area contributed by atoms with Gasteiger partial charge in [-0.1, -0.05) is 0 Å². The van der Waals surface area contributed by atoms with Gasteiger partial charge in [0.15, 0.2) is 0 Å². The van der Waals surface area contributed by atoms with E-state index in [-0.39, 0.29) is 6.04 Å². The molecular formula is C15H22N2O. The standard InChI is InChI=1S/C15H22N2O/c1-10(2)17-9-12(7-11(3)16)14-6-5-13(18-4)8-15(14)17/h5-6,8-11H,7,16H2,1-4H3. The molecule has 1 heterocycles. The molecule has 2 rings (SSSR count). The van der Waals surface area contributed by atoms with E-state index in [0.29, 0.717) is 6.04 Å². The number of fused-ring (bicyclic) bond motifs is 1. The van der Waals surface area contributed by atoms with E-state index < -0.39 is 0 Å². The van der Waals surface area contributed by atoms with Crippen LogP contribution in [0.15, 0.2) is 24.4 Å². The van der Waals surface area contributed by atoms with Gasteiger partial charge in [0.2, 0.25) is 0 Å². The van der Waals surface area contributed by atoms with Crippen molar-refractivity contribution in [2.45, 2.75) is 39.3 Å². The third kappa shape index (κ3) is 2.36. The third-order valence-corrected chi connectivity index (χ3v) is 3.22. The maximum absolute atomic E-state index is 5.92.